The van der Waals surface area contributed by atoms with Gasteiger partial charge in [0.05, 0.1) is 6.04 Å². The standard InChI is InChI=1S/C14H18BrN3O/c1-8(2)6-12(16)14-17-13(18-19-14)11-5-4-10(15)7-9(11)3/h4-5,7-8,12H,6,16H2,1-3H3. The maximum atomic E-state index is 6.05. The molecule has 0 aliphatic heterocycles. The van der Waals surface area contributed by atoms with Crippen molar-refractivity contribution in [2.24, 2.45) is 11.7 Å². The number of hydrogen-bond acceptors (Lipinski definition) is 4. The average Bonchev–Trinajstić information content (AvgIpc) is 2.77. The number of nitrogens with two attached hydrogens (primary N) is 1. The van der Waals surface area contributed by atoms with E-state index in [4.69, 9.17) is 10.3 Å². The zero-order valence-electron chi connectivity index (χ0n) is 11.4. The van der Waals surface area contributed by atoms with Gasteiger partial charge >= 0.3 is 0 Å². The van der Waals surface area contributed by atoms with Crippen molar-refractivity contribution in [3.8, 4) is 11.4 Å². The van der Waals surface area contributed by atoms with Gasteiger partial charge in [-0.3, -0.25) is 0 Å². The quantitative estimate of drug-likeness (QED) is 0.927. The topological polar surface area (TPSA) is 64.9 Å². The Labute approximate surface area is 121 Å². The van der Waals surface area contributed by atoms with Crippen LogP contribution in [-0.4, -0.2) is 10.1 Å². The van der Waals surface area contributed by atoms with E-state index in [0.717, 1.165) is 22.0 Å². The van der Waals surface area contributed by atoms with Crippen molar-refractivity contribution >= 4 is 15.9 Å². The lowest BCUT2D eigenvalue weighted by molar-refractivity contribution is 0.335. The average molecular weight is 324 g/mol. The van der Waals surface area contributed by atoms with E-state index in [0.29, 0.717) is 17.6 Å². The summed E-state index contributed by atoms with van der Waals surface area (Å²) in [6.45, 7) is 6.26. The van der Waals surface area contributed by atoms with E-state index >= 15 is 0 Å². The number of hydrogen-bond donors (Lipinski definition) is 1. The Morgan fingerprint density at radius 2 is 2.11 bits per heavy atom. The summed E-state index contributed by atoms with van der Waals surface area (Å²) in [4.78, 5) is 4.41. The Kier molecular flexibility index (Phi) is 4.37. The van der Waals surface area contributed by atoms with Gasteiger partial charge in [0.1, 0.15) is 0 Å². The van der Waals surface area contributed by atoms with Crippen LogP contribution in [0, 0.1) is 12.8 Å². The molecule has 0 radical (unpaired) electrons. The number of aromatic nitrogens is 2. The molecule has 1 atom stereocenters. The molecule has 102 valence electrons. The lowest BCUT2D eigenvalue weighted by Crippen LogP contribution is -2.13. The third-order valence-electron chi connectivity index (χ3n) is 2.91. The minimum absolute atomic E-state index is 0.197. The van der Waals surface area contributed by atoms with Crippen LogP contribution in [0.5, 0.6) is 0 Å². The van der Waals surface area contributed by atoms with E-state index < -0.39 is 0 Å². The molecule has 2 aromatic rings. The van der Waals surface area contributed by atoms with Crippen molar-refractivity contribution < 1.29 is 4.52 Å². The summed E-state index contributed by atoms with van der Waals surface area (Å²) in [6.07, 6.45) is 0.834. The van der Waals surface area contributed by atoms with E-state index in [-0.39, 0.29) is 6.04 Å². The highest BCUT2D eigenvalue weighted by Gasteiger charge is 2.17. The van der Waals surface area contributed by atoms with Crippen LogP contribution in [0.15, 0.2) is 27.2 Å². The molecule has 0 saturated heterocycles. The minimum Gasteiger partial charge on any atom is -0.337 e. The van der Waals surface area contributed by atoms with Gasteiger partial charge in [0, 0.05) is 10.0 Å². The predicted octanol–water partition coefficient (Wildman–Crippen LogP) is 3.85. The fourth-order valence-electron chi connectivity index (χ4n) is 1.98. The molecule has 1 aromatic heterocycles. The minimum atomic E-state index is -0.197. The maximum absolute atomic E-state index is 6.05. The first-order chi connectivity index (χ1) is 8.97. The fourth-order valence-corrected chi connectivity index (χ4v) is 2.46. The van der Waals surface area contributed by atoms with Crippen molar-refractivity contribution in [1.82, 2.24) is 10.1 Å². The van der Waals surface area contributed by atoms with Crippen molar-refractivity contribution in [3.63, 3.8) is 0 Å². The molecule has 0 amide bonds. The molecular formula is C14H18BrN3O. The first kappa shape index (κ1) is 14.2. The van der Waals surface area contributed by atoms with Crippen LogP contribution in [0.4, 0.5) is 0 Å². The van der Waals surface area contributed by atoms with Crippen LogP contribution in [-0.2, 0) is 0 Å². The molecule has 4 nitrogen and oxygen atoms in total. The Morgan fingerprint density at radius 1 is 1.37 bits per heavy atom. The van der Waals surface area contributed by atoms with E-state index in [1.54, 1.807) is 0 Å². The molecule has 1 aromatic carbocycles. The van der Waals surface area contributed by atoms with Crippen LogP contribution in [0.3, 0.4) is 0 Å². The summed E-state index contributed by atoms with van der Waals surface area (Å²) in [5.74, 6) is 1.60. The van der Waals surface area contributed by atoms with Crippen LogP contribution in [0.25, 0.3) is 11.4 Å². The summed E-state index contributed by atoms with van der Waals surface area (Å²) in [5.41, 5.74) is 8.11. The molecule has 19 heavy (non-hydrogen) atoms. The van der Waals surface area contributed by atoms with Crippen LogP contribution >= 0.6 is 15.9 Å². The lowest BCUT2D eigenvalue weighted by Gasteiger charge is -2.08. The zero-order chi connectivity index (χ0) is 14.0. The smallest absolute Gasteiger partial charge is 0.243 e. The Morgan fingerprint density at radius 3 is 2.74 bits per heavy atom. The Bertz CT molecular complexity index is 566. The van der Waals surface area contributed by atoms with Crippen molar-refractivity contribution in [2.75, 3.05) is 0 Å². The van der Waals surface area contributed by atoms with Gasteiger partial charge < -0.3 is 10.3 Å². The van der Waals surface area contributed by atoms with Crippen molar-refractivity contribution in [2.45, 2.75) is 33.2 Å². The van der Waals surface area contributed by atoms with Crippen molar-refractivity contribution in [1.29, 1.82) is 0 Å². The van der Waals surface area contributed by atoms with Crippen LogP contribution in [0.1, 0.15) is 37.8 Å². The first-order valence-corrected chi connectivity index (χ1v) is 7.12. The van der Waals surface area contributed by atoms with Crippen LogP contribution in [0.2, 0.25) is 0 Å². The predicted molar refractivity (Wildman–Crippen MR) is 78.6 cm³/mol. The highest BCUT2D eigenvalue weighted by molar-refractivity contribution is 9.10. The van der Waals surface area contributed by atoms with Crippen LogP contribution < -0.4 is 5.73 Å². The van der Waals surface area contributed by atoms with Gasteiger partial charge in [0.15, 0.2) is 0 Å². The second kappa shape index (κ2) is 5.84. The molecule has 0 aliphatic rings. The van der Waals surface area contributed by atoms with E-state index in [9.17, 15) is 0 Å². The molecule has 0 bridgehead atoms. The first-order valence-electron chi connectivity index (χ1n) is 6.33. The highest BCUT2D eigenvalue weighted by Crippen LogP contribution is 2.25. The largest absolute Gasteiger partial charge is 0.337 e. The number of rotatable bonds is 4. The molecule has 1 heterocycles. The molecule has 0 saturated carbocycles. The summed E-state index contributed by atoms with van der Waals surface area (Å²) in [5, 5.41) is 4.02. The normalized spacial score (nSPS) is 12.9. The third kappa shape index (κ3) is 3.42. The zero-order valence-corrected chi connectivity index (χ0v) is 12.9. The second-order valence-electron chi connectivity index (χ2n) is 5.15. The fraction of sp³-hybridized carbons (Fsp3) is 0.429. The van der Waals surface area contributed by atoms with Crippen molar-refractivity contribution in [3.05, 3.63) is 34.1 Å². The van der Waals surface area contributed by atoms with Gasteiger partial charge in [-0.1, -0.05) is 34.9 Å². The number of benzene rings is 1. The summed E-state index contributed by atoms with van der Waals surface area (Å²) < 4.78 is 6.31. The molecule has 0 spiro atoms. The van der Waals surface area contributed by atoms with Gasteiger partial charge in [0.2, 0.25) is 11.7 Å². The molecule has 2 rings (SSSR count). The van der Waals surface area contributed by atoms with Gasteiger partial charge in [-0.25, -0.2) is 0 Å². The third-order valence-corrected chi connectivity index (χ3v) is 3.41. The summed E-state index contributed by atoms with van der Waals surface area (Å²) >= 11 is 3.44. The van der Waals surface area contributed by atoms with E-state index in [2.05, 4.69) is 39.9 Å². The molecule has 1 unspecified atom stereocenters. The van der Waals surface area contributed by atoms with Gasteiger partial charge in [-0.15, -0.1) is 0 Å². The second-order valence-corrected chi connectivity index (χ2v) is 6.07. The Balaban J connectivity index is 2.25. The Hall–Kier alpha value is -1.20. The molecule has 0 aliphatic carbocycles. The molecule has 0 fully saturated rings. The van der Waals surface area contributed by atoms with E-state index in [1.165, 1.54) is 0 Å². The van der Waals surface area contributed by atoms with Gasteiger partial charge in [-0.2, -0.15) is 4.98 Å². The maximum Gasteiger partial charge on any atom is 0.243 e. The number of halogens is 1. The summed E-state index contributed by atoms with van der Waals surface area (Å²) in [7, 11) is 0. The highest BCUT2D eigenvalue weighted by atomic mass is 79.9. The molecular weight excluding hydrogens is 306 g/mol. The lowest BCUT2D eigenvalue weighted by atomic mass is 10.0. The van der Waals surface area contributed by atoms with Gasteiger partial charge in [-0.05, 0) is 43.0 Å². The molecule has 2 N–H and O–H groups in total. The summed E-state index contributed by atoms with van der Waals surface area (Å²) in [6, 6.07) is 5.77. The monoisotopic (exact) mass is 323 g/mol. The van der Waals surface area contributed by atoms with E-state index in [1.807, 2.05) is 25.1 Å². The molecule has 5 heteroatoms. The number of aryl methyl sites for hydroxylation is 1. The van der Waals surface area contributed by atoms with Gasteiger partial charge in [0.25, 0.3) is 0 Å². The SMILES string of the molecule is Cc1cc(Br)ccc1-c1noc(C(N)CC(C)C)n1. The number of nitrogens with zero attached hydrogens (tertiary/aromatic N) is 2.